The van der Waals surface area contributed by atoms with Gasteiger partial charge in [-0.2, -0.15) is 13.2 Å². The van der Waals surface area contributed by atoms with Gasteiger partial charge in [0.05, 0.1) is 18.2 Å². The summed E-state index contributed by atoms with van der Waals surface area (Å²) in [7, 11) is 0. The van der Waals surface area contributed by atoms with Gasteiger partial charge in [-0.25, -0.2) is 4.79 Å². The summed E-state index contributed by atoms with van der Waals surface area (Å²) in [6.07, 6.45) is -5.04. The lowest BCUT2D eigenvalue weighted by atomic mass is 9.80. The van der Waals surface area contributed by atoms with E-state index in [4.69, 9.17) is 5.73 Å². The molecule has 1 aliphatic carbocycles. The van der Waals surface area contributed by atoms with Crippen molar-refractivity contribution in [1.29, 1.82) is 0 Å². The second kappa shape index (κ2) is 9.01. The molecule has 0 aliphatic heterocycles. The van der Waals surface area contributed by atoms with Crippen molar-refractivity contribution in [3.63, 3.8) is 0 Å². The predicted molar refractivity (Wildman–Crippen MR) is 82.0 cm³/mol. The van der Waals surface area contributed by atoms with Gasteiger partial charge in [0.2, 0.25) is 0 Å². The van der Waals surface area contributed by atoms with Gasteiger partial charge in [-0.05, 0) is 31.1 Å². The Bertz CT molecular complexity index is 397. The monoisotopic (exact) mass is 355 g/mol. The smallest absolute Gasteiger partial charge is 0.454 e. The number of aliphatic hydroxyl groups is 2. The van der Waals surface area contributed by atoms with Gasteiger partial charge < -0.3 is 20.7 Å². The number of hydrogen-bond acceptors (Lipinski definition) is 5. The summed E-state index contributed by atoms with van der Waals surface area (Å²) >= 11 is 0. The molecule has 1 unspecified atom stereocenters. The van der Waals surface area contributed by atoms with Crippen molar-refractivity contribution >= 4 is 5.97 Å². The van der Waals surface area contributed by atoms with Crippen molar-refractivity contribution in [2.24, 2.45) is 17.6 Å². The molecule has 0 heterocycles. The fourth-order valence-corrected chi connectivity index (χ4v) is 3.22. The lowest BCUT2D eigenvalue weighted by molar-refractivity contribution is -0.211. The first kappa shape index (κ1) is 21.2. The second-order valence-electron chi connectivity index (χ2n) is 7.03. The van der Waals surface area contributed by atoms with E-state index in [1.807, 2.05) is 13.8 Å². The normalized spacial score (nSPS) is 22.0. The largest absolute Gasteiger partial charge is 0.490 e. The standard InChI is InChI=1S/C16H28F3NO4/c1-9(2)8-11(21)13(22)12(20)14(10-6-4-3-5-7-10)24-15(23)16(17,18)19/h9-14,21-22H,3-8,20H2,1-2H3/t11-,12-,13-,14?/m0/s1. The fraction of sp³-hybridized carbons (Fsp3) is 0.938. The highest BCUT2D eigenvalue weighted by atomic mass is 19.4. The molecule has 0 aromatic carbocycles. The van der Waals surface area contributed by atoms with E-state index in [1.54, 1.807) is 0 Å². The van der Waals surface area contributed by atoms with Crippen LogP contribution in [0.15, 0.2) is 0 Å². The lowest BCUT2D eigenvalue weighted by Gasteiger charge is -2.37. The highest BCUT2D eigenvalue weighted by Gasteiger charge is 2.46. The Morgan fingerprint density at radius 1 is 1.21 bits per heavy atom. The first-order valence-corrected chi connectivity index (χ1v) is 8.43. The number of carbonyl (C=O) groups is 1. The van der Waals surface area contributed by atoms with Crippen LogP contribution in [0.4, 0.5) is 13.2 Å². The van der Waals surface area contributed by atoms with E-state index in [-0.39, 0.29) is 18.3 Å². The zero-order valence-corrected chi connectivity index (χ0v) is 14.1. The molecular formula is C16H28F3NO4. The number of alkyl halides is 3. The van der Waals surface area contributed by atoms with E-state index in [0.29, 0.717) is 12.8 Å². The minimum Gasteiger partial charge on any atom is -0.454 e. The van der Waals surface area contributed by atoms with Crippen LogP contribution in [-0.2, 0) is 9.53 Å². The average Bonchev–Trinajstić information content (AvgIpc) is 2.50. The highest BCUT2D eigenvalue weighted by Crippen LogP contribution is 2.32. The van der Waals surface area contributed by atoms with Crippen molar-refractivity contribution in [3.8, 4) is 0 Å². The van der Waals surface area contributed by atoms with Crippen LogP contribution >= 0.6 is 0 Å². The molecule has 0 aromatic rings. The molecule has 0 aromatic heterocycles. The van der Waals surface area contributed by atoms with E-state index in [1.165, 1.54) is 0 Å². The van der Waals surface area contributed by atoms with Crippen LogP contribution in [0.5, 0.6) is 0 Å². The first-order chi connectivity index (χ1) is 11.0. The van der Waals surface area contributed by atoms with E-state index in [9.17, 15) is 28.2 Å². The van der Waals surface area contributed by atoms with Crippen LogP contribution in [-0.4, -0.2) is 46.7 Å². The maximum atomic E-state index is 12.5. The minimum absolute atomic E-state index is 0.0766. The van der Waals surface area contributed by atoms with E-state index in [0.717, 1.165) is 19.3 Å². The van der Waals surface area contributed by atoms with Gasteiger partial charge in [0.15, 0.2) is 0 Å². The molecule has 1 saturated carbocycles. The van der Waals surface area contributed by atoms with E-state index in [2.05, 4.69) is 4.74 Å². The molecule has 4 atom stereocenters. The summed E-state index contributed by atoms with van der Waals surface area (Å²) in [6, 6.07) is -1.27. The molecule has 0 saturated heterocycles. The maximum Gasteiger partial charge on any atom is 0.490 e. The Hall–Kier alpha value is -0.860. The molecule has 1 fully saturated rings. The Morgan fingerprint density at radius 3 is 2.21 bits per heavy atom. The van der Waals surface area contributed by atoms with Crippen LogP contribution in [0.3, 0.4) is 0 Å². The molecule has 8 heteroatoms. The topological polar surface area (TPSA) is 92.8 Å². The quantitative estimate of drug-likeness (QED) is 0.609. The number of carbonyl (C=O) groups excluding carboxylic acids is 1. The number of aliphatic hydroxyl groups excluding tert-OH is 2. The molecule has 24 heavy (non-hydrogen) atoms. The Kier molecular flexibility index (Phi) is 7.95. The summed E-state index contributed by atoms with van der Waals surface area (Å²) < 4.78 is 42.3. The van der Waals surface area contributed by atoms with Crippen LogP contribution in [0.25, 0.3) is 0 Å². The number of esters is 1. The van der Waals surface area contributed by atoms with Gasteiger partial charge >= 0.3 is 12.1 Å². The van der Waals surface area contributed by atoms with Crippen molar-refractivity contribution in [1.82, 2.24) is 0 Å². The first-order valence-electron chi connectivity index (χ1n) is 8.43. The number of rotatable bonds is 7. The predicted octanol–water partition coefficient (Wildman–Crippen LogP) is 2.14. The van der Waals surface area contributed by atoms with Crippen molar-refractivity contribution in [2.45, 2.75) is 82.9 Å². The Labute approximate surface area is 140 Å². The van der Waals surface area contributed by atoms with Gasteiger partial charge in [0, 0.05) is 0 Å². The van der Waals surface area contributed by atoms with Crippen LogP contribution in [0, 0.1) is 11.8 Å². The van der Waals surface area contributed by atoms with Gasteiger partial charge in [-0.1, -0.05) is 33.1 Å². The van der Waals surface area contributed by atoms with Crippen LogP contribution in [0.1, 0.15) is 52.4 Å². The average molecular weight is 355 g/mol. The molecule has 1 aliphatic rings. The second-order valence-corrected chi connectivity index (χ2v) is 7.03. The van der Waals surface area contributed by atoms with Crippen molar-refractivity contribution in [2.75, 3.05) is 0 Å². The lowest BCUT2D eigenvalue weighted by Crippen LogP contribution is -2.55. The van der Waals surface area contributed by atoms with E-state index >= 15 is 0 Å². The van der Waals surface area contributed by atoms with Gasteiger partial charge in [-0.3, -0.25) is 0 Å². The molecule has 0 amide bonds. The van der Waals surface area contributed by atoms with Gasteiger partial charge in [-0.15, -0.1) is 0 Å². The third-order valence-electron chi connectivity index (χ3n) is 4.47. The molecular weight excluding hydrogens is 327 g/mol. The summed E-state index contributed by atoms with van der Waals surface area (Å²) in [5.41, 5.74) is 5.91. The molecule has 0 radical (unpaired) electrons. The molecule has 4 N–H and O–H groups in total. The van der Waals surface area contributed by atoms with Crippen molar-refractivity contribution in [3.05, 3.63) is 0 Å². The van der Waals surface area contributed by atoms with Gasteiger partial charge in [0.1, 0.15) is 6.10 Å². The fourth-order valence-electron chi connectivity index (χ4n) is 3.22. The molecule has 0 bridgehead atoms. The summed E-state index contributed by atoms with van der Waals surface area (Å²) in [5.74, 6) is -2.58. The Morgan fingerprint density at radius 2 is 1.75 bits per heavy atom. The van der Waals surface area contributed by atoms with Gasteiger partial charge in [0.25, 0.3) is 0 Å². The SMILES string of the molecule is CC(C)C[C@H](O)[C@H](O)[C@H](N)C(OC(=O)C(F)(F)F)C1CCCCC1. The summed E-state index contributed by atoms with van der Waals surface area (Å²) in [5, 5.41) is 20.2. The molecule has 0 spiro atoms. The maximum absolute atomic E-state index is 12.5. The van der Waals surface area contributed by atoms with E-state index < -0.39 is 36.5 Å². The molecule has 142 valence electrons. The minimum atomic E-state index is -5.12. The number of ether oxygens (including phenoxy) is 1. The zero-order chi connectivity index (χ0) is 18.5. The number of halogens is 3. The number of hydrogen-bond donors (Lipinski definition) is 3. The van der Waals surface area contributed by atoms with Crippen LogP contribution in [0.2, 0.25) is 0 Å². The third kappa shape index (κ3) is 6.22. The summed E-state index contributed by atoms with van der Waals surface area (Å²) in [6.45, 7) is 3.67. The third-order valence-corrected chi connectivity index (χ3v) is 4.47. The van der Waals surface area contributed by atoms with Crippen LogP contribution < -0.4 is 5.73 Å². The number of nitrogens with two attached hydrogens (primary N) is 1. The zero-order valence-electron chi connectivity index (χ0n) is 14.1. The molecule has 1 rings (SSSR count). The summed E-state index contributed by atoms with van der Waals surface area (Å²) in [4.78, 5) is 11.2. The Balaban J connectivity index is 2.87. The highest BCUT2D eigenvalue weighted by molar-refractivity contribution is 5.75. The van der Waals surface area contributed by atoms with Crippen molar-refractivity contribution < 1.29 is 32.9 Å². The molecule has 5 nitrogen and oxygen atoms in total.